The summed E-state index contributed by atoms with van der Waals surface area (Å²) in [6.45, 7) is 7.49. The van der Waals surface area contributed by atoms with Crippen molar-refractivity contribution in [2.45, 2.75) is 66.0 Å². The van der Waals surface area contributed by atoms with E-state index in [4.69, 9.17) is 0 Å². The Morgan fingerprint density at radius 2 is 1.74 bits per heavy atom. The second kappa shape index (κ2) is 11.5. The minimum Gasteiger partial charge on any atom is -1.00 e. The number of aromatic nitrogens is 2. The van der Waals surface area contributed by atoms with Gasteiger partial charge in [-0.2, -0.15) is 0 Å². The Morgan fingerprint density at radius 1 is 1.07 bits per heavy atom. The summed E-state index contributed by atoms with van der Waals surface area (Å²) < 4.78 is 31.7. The maximum Gasteiger partial charge on any atom is 0.243 e. The second-order valence-electron chi connectivity index (χ2n) is 6.99. The van der Waals surface area contributed by atoms with Crippen molar-refractivity contribution in [3.05, 3.63) is 48.0 Å². The van der Waals surface area contributed by atoms with Crippen molar-refractivity contribution < 1.29 is 30.0 Å². The van der Waals surface area contributed by atoms with Crippen LogP contribution in [-0.2, 0) is 23.1 Å². The van der Waals surface area contributed by atoms with E-state index in [-0.39, 0.29) is 22.7 Å². The molecule has 27 heavy (non-hydrogen) atoms. The fourth-order valence-electron chi connectivity index (χ4n) is 3.01. The highest BCUT2D eigenvalue weighted by Crippen LogP contribution is 2.20. The van der Waals surface area contributed by atoms with Crippen LogP contribution in [0.15, 0.2) is 36.9 Å². The minimum absolute atomic E-state index is 0. The molecular formula is C20H32BrN3O2S. The minimum atomic E-state index is -3.38. The van der Waals surface area contributed by atoms with Gasteiger partial charge < -0.3 is 17.0 Å². The third-order valence-electron chi connectivity index (χ3n) is 4.62. The van der Waals surface area contributed by atoms with Crippen LogP contribution in [0.4, 0.5) is 5.69 Å². The first-order valence-electron chi connectivity index (χ1n) is 9.53. The number of anilines is 1. The van der Waals surface area contributed by atoms with Gasteiger partial charge in [0.15, 0.2) is 0 Å². The van der Waals surface area contributed by atoms with E-state index in [1.165, 1.54) is 32.1 Å². The Morgan fingerprint density at radius 3 is 2.41 bits per heavy atom. The summed E-state index contributed by atoms with van der Waals surface area (Å²) in [7, 11) is -3.38. The first-order chi connectivity index (χ1) is 12.4. The molecule has 5 nitrogen and oxygen atoms in total. The molecule has 0 saturated carbocycles. The van der Waals surface area contributed by atoms with Crippen molar-refractivity contribution in [2.24, 2.45) is 0 Å². The zero-order valence-electron chi connectivity index (χ0n) is 16.6. The lowest BCUT2D eigenvalue weighted by Crippen LogP contribution is -3.00. The molecule has 0 radical (unpaired) electrons. The highest BCUT2D eigenvalue weighted by molar-refractivity contribution is 7.92. The lowest BCUT2D eigenvalue weighted by atomic mass is 10.1. The van der Waals surface area contributed by atoms with Gasteiger partial charge in [-0.05, 0) is 37.8 Å². The number of hydrogen-bond donors (Lipinski definition) is 1. The van der Waals surface area contributed by atoms with E-state index in [0.717, 1.165) is 17.7 Å². The number of halogens is 1. The van der Waals surface area contributed by atoms with Gasteiger partial charge >= 0.3 is 0 Å². The van der Waals surface area contributed by atoms with Crippen molar-refractivity contribution in [3.63, 3.8) is 0 Å². The quantitative estimate of drug-likeness (QED) is 0.400. The Kier molecular flexibility index (Phi) is 10.1. The van der Waals surface area contributed by atoms with Crippen LogP contribution in [0.3, 0.4) is 0 Å². The summed E-state index contributed by atoms with van der Waals surface area (Å²) in [4.78, 5) is 0. The van der Waals surface area contributed by atoms with Crippen molar-refractivity contribution in [1.82, 2.24) is 4.57 Å². The molecule has 1 N–H and O–H groups in total. The number of hydrogen-bond acceptors (Lipinski definition) is 2. The second-order valence-corrected chi connectivity index (χ2v) is 8.83. The summed E-state index contributed by atoms with van der Waals surface area (Å²) in [5, 5.41) is 0. The number of sulfonamides is 1. The maximum atomic E-state index is 12.4. The van der Waals surface area contributed by atoms with Gasteiger partial charge in [-0.15, -0.1) is 0 Å². The standard InChI is InChI=1S/C20H32N3O2S.BrH/c1-4-5-6-7-8-12-22-13-14-23(17-22)15-16-26(24,25)21-20-18(2)10-9-11-19(20)3;/h9-11,13-14,17,21H,4-8,12,15-16H2,1-3H3;1H/q+1;/p-1. The molecule has 1 aromatic heterocycles. The summed E-state index contributed by atoms with van der Waals surface area (Å²) in [5.74, 6) is 0.0615. The number of rotatable bonds is 11. The lowest BCUT2D eigenvalue weighted by Gasteiger charge is -2.12. The van der Waals surface area contributed by atoms with Crippen molar-refractivity contribution in [1.29, 1.82) is 0 Å². The molecule has 7 heteroatoms. The fourth-order valence-corrected chi connectivity index (χ4v) is 4.20. The normalized spacial score (nSPS) is 11.2. The molecule has 0 aliphatic heterocycles. The number of imidazole rings is 1. The molecule has 0 atom stereocenters. The average molecular weight is 458 g/mol. The number of benzene rings is 1. The molecule has 1 heterocycles. The van der Waals surface area contributed by atoms with E-state index >= 15 is 0 Å². The smallest absolute Gasteiger partial charge is 0.243 e. The maximum absolute atomic E-state index is 12.4. The van der Waals surface area contributed by atoms with Crippen molar-refractivity contribution in [2.75, 3.05) is 10.5 Å². The highest BCUT2D eigenvalue weighted by atomic mass is 79.9. The van der Waals surface area contributed by atoms with Crippen LogP contribution in [0.2, 0.25) is 0 Å². The topological polar surface area (TPSA) is 55.0 Å². The number of unbranched alkanes of at least 4 members (excludes halogenated alkanes) is 4. The molecular weight excluding hydrogens is 426 g/mol. The Hall–Kier alpha value is -1.34. The summed E-state index contributed by atoms with van der Waals surface area (Å²) in [6.07, 6.45) is 12.2. The molecule has 0 fully saturated rings. The van der Waals surface area contributed by atoms with E-state index < -0.39 is 10.0 Å². The first-order valence-corrected chi connectivity index (χ1v) is 11.2. The van der Waals surface area contributed by atoms with Crippen LogP contribution in [0.25, 0.3) is 0 Å². The molecule has 0 aliphatic rings. The summed E-state index contributed by atoms with van der Waals surface area (Å²) >= 11 is 0. The van der Waals surface area contributed by atoms with Gasteiger partial charge in [0.2, 0.25) is 16.4 Å². The zero-order valence-corrected chi connectivity index (χ0v) is 19.0. The monoisotopic (exact) mass is 457 g/mol. The van der Waals surface area contributed by atoms with Gasteiger partial charge in [-0.3, -0.25) is 4.72 Å². The van der Waals surface area contributed by atoms with Crippen molar-refractivity contribution >= 4 is 15.7 Å². The van der Waals surface area contributed by atoms with Gasteiger partial charge in [-0.25, -0.2) is 17.6 Å². The van der Waals surface area contributed by atoms with Gasteiger partial charge in [0.25, 0.3) is 0 Å². The Balaban J connectivity index is 0.00000364. The van der Waals surface area contributed by atoms with Gasteiger partial charge in [0.1, 0.15) is 24.7 Å². The van der Waals surface area contributed by atoms with Gasteiger partial charge in [0, 0.05) is 0 Å². The molecule has 0 saturated heterocycles. The van der Waals surface area contributed by atoms with Crippen LogP contribution in [0, 0.1) is 13.8 Å². The Labute approximate surface area is 174 Å². The van der Waals surface area contributed by atoms with E-state index in [9.17, 15) is 8.42 Å². The number of nitrogens with one attached hydrogen (secondary N) is 1. The molecule has 0 bridgehead atoms. The molecule has 0 aliphatic carbocycles. The van der Waals surface area contributed by atoms with Crippen molar-refractivity contribution in [3.8, 4) is 0 Å². The fraction of sp³-hybridized carbons (Fsp3) is 0.550. The molecule has 0 unspecified atom stereocenters. The van der Waals surface area contributed by atoms with Gasteiger partial charge in [0.05, 0.1) is 12.2 Å². The average Bonchev–Trinajstić information content (AvgIpc) is 3.04. The number of nitrogens with zero attached hydrogens (tertiary/aromatic N) is 2. The lowest BCUT2D eigenvalue weighted by molar-refractivity contribution is -0.696. The molecule has 152 valence electrons. The first kappa shape index (κ1) is 23.7. The third kappa shape index (κ3) is 8.05. The van der Waals surface area contributed by atoms with Crippen LogP contribution in [-0.4, -0.2) is 18.7 Å². The molecule has 2 aromatic rings. The molecule has 2 rings (SSSR count). The van der Waals surface area contributed by atoms with Crippen LogP contribution >= 0.6 is 0 Å². The van der Waals surface area contributed by atoms with Gasteiger partial charge in [-0.1, -0.05) is 44.4 Å². The van der Waals surface area contributed by atoms with Crippen LogP contribution < -0.4 is 26.3 Å². The largest absolute Gasteiger partial charge is 1.00 e. The summed E-state index contributed by atoms with van der Waals surface area (Å²) in [6, 6.07) is 5.77. The zero-order chi connectivity index (χ0) is 19.0. The number of aryl methyl sites for hydroxylation is 4. The van der Waals surface area contributed by atoms with E-state index in [0.29, 0.717) is 12.2 Å². The van der Waals surface area contributed by atoms with Crippen LogP contribution in [0.5, 0.6) is 0 Å². The van der Waals surface area contributed by atoms with E-state index in [1.54, 1.807) is 0 Å². The van der Waals surface area contributed by atoms with Crippen LogP contribution in [0.1, 0.15) is 50.2 Å². The molecule has 0 spiro atoms. The SMILES string of the molecule is CCCCCCC[n+]1ccn(CCS(=O)(=O)Nc2c(C)cccc2C)c1.[Br-]. The third-order valence-corrected chi connectivity index (χ3v) is 5.86. The molecule has 1 aromatic carbocycles. The summed E-state index contributed by atoms with van der Waals surface area (Å²) in [5.41, 5.74) is 2.58. The predicted molar refractivity (Wildman–Crippen MR) is 107 cm³/mol. The molecule has 0 amide bonds. The van der Waals surface area contributed by atoms with E-state index in [1.807, 2.05) is 55.3 Å². The highest BCUT2D eigenvalue weighted by Gasteiger charge is 2.15. The predicted octanol–water partition coefficient (Wildman–Crippen LogP) is 0.809. The number of para-hydroxylation sites is 1. The Bertz CT molecular complexity index is 783. The van der Waals surface area contributed by atoms with E-state index in [2.05, 4.69) is 16.2 Å².